The van der Waals surface area contributed by atoms with Crippen molar-refractivity contribution in [3.63, 3.8) is 0 Å². The van der Waals surface area contributed by atoms with Crippen LogP contribution in [0.3, 0.4) is 0 Å². The molecule has 1 unspecified atom stereocenters. The average molecular weight is 240 g/mol. The number of carbonyl (C=O) groups is 1. The minimum atomic E-state index is -0.984. The zero-order valence-electron chi connectivity index (χ0n) is 9.88. The van der Waals surface area contributed by atoms with E-state index in [2.05, 4.69) is 0 Å². The fourth-order valence-corrected chi connectivity index (χ4v) is 1.19. The van der Waals surface area contributed by atoms with Gasteiger partial charge in [0.2, 0.25) is 0 Å². The summed E-state index contributed by atoms with van der Waals surface area (Å²) >= 11 is 0. The van der Waals surface area contributed by atoms with Crippen LogP contribution in [0.25, 0.3) is 0 Å². The van der Waals surface area contributed by atoms with Crippen LogP contribution in [0, 0.1) is 0 Å². The fraction of sp³-hybridized carbons (Fsp3) is 0.417. The Morgan fingerprint density at radius 1 is 1.29 bits per heavy atom. The van der Waals surface area contributed by atoms with Gasteiger partial charge in [-0.1, -0.05) is 12.1 Å². The molecule has 0 amide bonds. The lowest BCUT2D eigenvalue weighted by Crippen LogP contribution is -2.22. The van der Waals surface area contributed by atoms with Crippen molar-refractivity contribution in [3.8, 4) is 11.5 Å². The highest BCUT2D eigenvalue weighted by Crippen LogP contribution is 2.25. The van der Waals surface area contributed by atoms with Gasteiger partial charge in [-0.3, -0.25) is 0 Å². The topological polar surface area (TPSA) is 65.0 Å². The summed E-state index contributed by atoms with van der Waals surface area (Å²) in [6.07, 6.45) is -0.823. The van der Waals surface area contributed by atoms with Crippen molar-refractivity contribution in [2.75, 3.05) is 20.3 Å². The Balaban J connectivity index is 2.33. The van der Waals surface area contributed by atoms with Crippen LogP contribution in [0.5, 0.6) is 11.5 Å². The van der Waals surface area contributed by atoms with Gasteiger partial charge in [0.25, 0.3) is 0 Å². The van der Waals surface area contributed by atoms with Gasteiger partial charge in [0.05, 0.1) is 13.7 Å². The van der Waals surface area contributed by atoms with Crippen molar-refractivity contribution < 1.29 is 24.1 Å². The van der Waals surface area contributed by atoms with Crippen LogP contribution >= 0.6 is 0 Å². The van der Waals surface area contributed by atoms with Gasteiger partial charge >= 0.3 is 5.97 Å². The van der Waals surface area contributed by atoms with Crippen molar-refractivity contribution in [3.05, 3.63) is 24.3 Å². The summed E-state index contributed by atoms with van der Waals surface area (Å²) in [4.78, 5) is 10.5. The molecule has 0 heterocycles. The Kier molecular flexibility index (Phi) is 5.29. The zero-order chi connectivity index (χ0) is 12.7. The quantitative estimate of drug-likeness (QED) is 0.733. The molecule has 5 heteroatoms. The highest BCUT2D eigenvalue weighted by atomic mass is 16.6. The first-order chi connectivity index (χ1) is 8.15. The van der Waals surface area contributed by atoms with Crippen LogP contribution in [0.2, 0.25) is 0 Å². The third kappa shape index (κ3) is 4.32. The second kappa shape index (κ2) is 6.75. The van der Waals surface area contributed by atoms with E-state index >= 15 is 0 Å². The molecule has 5 nitrogen and oxygen atoms in total. The molecule has 17 heavy (non-hydrogen) atoms. The van der Waals surface area contributed by atoms with E-state index in [1.165, 1.54) is 6.92 Å². The monoisotopic (exact) mass is 240 g/mol. The van der Waals surface area contributed by atoms with E-state index < -0.39 is 12.1 Å². The molecule has 0 bridgehead atoms. The van der Waals surface area contributed by atoms with Crippen molar-refractivity contribution in [1.82, 2.24) is 0 Å². The highest BCUT2D eigenvalue weighted by Gasteiger charge is 2.10. The minimum Gasteiger partial charge on any atom is -0.493 e. The molecule has 0 spiro atoms. The Hall–Kier alpha value is -1.75. The number of hydrogen-bond acceptors (Lipinski definition) is 4. The third-order valence-corrected chi connectivity index (χ3v) is 2.13. The molecule has 0 saturated carbocycles. The molecule has 1 aromatic carbocycles. The van der Waals surface area contributed by atoms with Gasteiger partial charge in [-0.05, 0) is 19.1 Å². The van der Waals surface area contributed by atoms with Crippen LogP contribution < -0.4 is 9.47 Å². The first-order valence-corrected chi connectivity index (χ1v) is 5.25. The predicted molar refractivity (Wildman–Crippen MR) is 61.5 cm³/mol. The summed E-state index contributed by atoms with van der Waals surface area (Å²) in [6.45, 7) is 1.97. The van der Waals surface area contributed by atoms with Gasteiger partial charge in [0.15, 0.2) is 17.6 Å². The third-order valence-electron chi connectivity index (χ3n) is 2.13. The summed E-state index contributed by atoms with van der Waals surface area (Å²) in [5, 5.41) is 8.59. The van der Waals surface area contributed by atoms with Crippen LogP contribution in [-0.4, -0.2) is 37.5 Å². The summed E-state index contributed by atoms with van der Waals surface area (Å²) < 4.78 is 15.6. The normalized spacial score (nSPS) is 11.9. The summed E-state index contributed by atoms with van der Waals surface area (Å²) in [6, 6.07) is 7.24. The van der Waals surface area contributed by atoms with Crippen LogP contribution in [0.1, 0.15) is 6.92 Å². The largest absolute Gasteiger partial charge is 0.493 e. The lowest BCUT2D eigenvalue weighted by atomic mass is 10.3. The number of benzene rings is 1. The van der Waals surface area contributed by atoms with E-state index in [4.69, 9.17) is 19.3 Å². The minimum absolute atomic E-state index is 0.214. The second-order valence-corrected chi connectivity index (χ2v) is 3.35. The first-order valence-electron chi connectivity index (χ1n) is 5.25. The maximum absolute atomic E-state index is 10.5. The van der Waals surface area contributed by atoms with E-state index in [-0.39, 0.29) is 13.2 Å². The molecule has 1 rings (SSSR count). The number of aliphatic carboxylic acids is 1. The Morgan fingerprint density at radius 2 is 1.94 bits per heavy atom. The van der Waals surface area contributed by atoms with Crippen molar-refractivity contribution in [2.45, 2.75) is 13.0 Å². The number of methoxy groups -OCH3 is 1. The number of hydrogen-bond donors (Lipinski definition) is 1. The molecule has 1 atom stereocenters. The number of carboxylic acid groups (broad SMARTS) is 1. The molecular weight excluding hydrogens is 224 g/mol. The average Bonchev–Trinajstić information content (AvgIpc) is 2.34. The van der Waals surface area contributed by atoms with Gasteiger partial charge in [-0.2, -0.15) is 0 Å². The highest BCUT2D eigenvalue weighted by molar-refractivity contribution is 5.71. The maximum Gasteiger partial charge on any atom is 0.332 e. The molecule has 1 N–H and O–H groups in total. The van der Waals surface area contributed by atoms with Crippen LogP contribution in [0.15, 0.2) is 24.3 Å². The molecule has 94 valence electrons. The van der Waals surface area contributed by atoms with Gasteiger partial charge in [-0.15, -0.1) is 0 Å². The van der Waals surface area contributed by atoms with Crippen molar-refractivity contribution in [1.29, 1.82) is 0 Å². The molecule has 0 fully saturated rings. The van der Waals surface area contributed by atoms with E-state index in [9.17, 15) is 4.79 Å². The summed E-state index contributed by atoms with van der Waals surface area (Å²) in [7, 11) is 1.56. The number of ether oxygens (including phenoxy) is 3. The smallest absolute Gasteiger partial charge is 0.332 e. The van der Waals surface area contributed by atoms with Crippen molar-refractivity contribution >= 4 is 5.97 Å². The van der Waals surface area contributed by atoms with Crippen LogP contribution in [0.4, 0.5) is 0 Å². The Bertz CT molecular complexity index is 364. The first kappa shape index (κ1) is 13.3. The lowest BCUT2D eigenvalue weighted by Gasteiger charge is -2.11. The van der Waals surface area contributed by atoms with E-state index in [0.717, 1.165) is 0 Å². The Morgan fingerprint density at radius 3 is 2.53 bits per heavy atom. The summed E-state index contributed by atoms with van der Waals surface area (Å²) in [5.41, 5.74) is 0. The molecule has 0 aliphatic heterocycles. The van der Waals surface area contributed by atoms with Crippen LogP contribution in [-0.2, 0) is 9.53 Å². The molecule has 0 aliphatic carbocycles. The van der Waals surface area contributed by atoms with Gasteiger partial charge in [-0.25, -0.2) is 4.79 Å². The zero-order valence-corrected chi connectivity index (χ0v) is 9.88. The standard InChI is InChI=1S/C12H16O5/c1-9(12(13)14)16-7-8-17-11-6-4-3-5-10(11)15-2/h3-6,9H,7-8H2,1-2H3,(H,13,14). The number of para-hydroxylation sites is 2. The van der Waals surface area contributed by atoms with E-state index in [0.29, 0.717) is 11.5 Å². The lowest BCUT2D eigenvalue weighted by molar-refractivity contribution is -0.149. The number of rotatable bonds is 7. The van der Waals surface area contributed by atoms with Gasteiger partial charge in [0.1, 0.15) is 6.61 Å². The fourth-order valence-electron chi connectivity index (χ4n) is 1.19. The molecule has 0 aliphatic rings. The van der Waals surface area contributed by atoms with E-state index in [1.807, 2.05) is 12.1 Å². The molecule has 1 aromatic rings. The summed E-state index contributed by atoms with van der Waals surface area (Å²) in [5.74, 6) is 0.266. The number of carboxylic acids is 1. The van der Waals surface area contributed by atoms with Crippen molar-refractivity contribution in [2.24, 2.45) is 0 Å². The predicted octanol–water partition coefficient (Wildman–Crippen LogP) is 1.56. The SMILES string of the molecule is COc1ccccc1OCCOC(C)C(=O)O. The molecule has 0 radical (unpaired) electrons. The molecular formula is C12H16O5. The Labute approximate surface area is 99.9 Å². The maximum atomic E-state index is 10.5. The second-order valence-electron chi connectivity index (χ2n) is 3.35. The molecule has 0 aromatic heterocycles. The molecule has 0 saturated heterocycles. The van der Waals surface area contributed by atoms with E-state index in [1.54, 1.807) is 19.2 Å². The van der Waals surface area contributed by atoms with Gasteiger partial charge < -0.3 is 19.3 Å². The van der Waals surface area contributed by atoms with Gasteiger partial charge in [0, 0.05) is 0 Å².